The van der Waals surface area contributed by atoms with Crippen LogP contribution in [0.5, 0.6) is 5.75 Å². The number of rotatable bonds is 8. The van der Waals surface area contributed by atoms with Crippen molar-refractivity contribution in [2.75, 3.05) is 20.2 Å². The summed E-state index contributed by atoms with van der Waals surface area (Å²) in [5.41, 5.74) is 2.22. The maximum absolute atomic E-state index is 12.8. The highest BCUT2D eigenvalue weighted by Gasteiger charge is 2.30. The highest BCUT2D eigenvalue weighted by molar-refractivity contribution is 5.76. The van der Waals surface area contributed by atoms with Crippen molar-refractivity contribution in [1.82, 2.24) is 15.2 Å². The fourth-order valence-electron chi connectivity index (χ4n) is 5.22. The van der Waals surface area contributed by atoms with Crippen LogP contribution >= 0.6 is 0 Å². The maximum Gasteiger partial charge on any atom is 0.220 e. The molecule has 2 aliphatic rings. The Morgan fingerprint density at radius 1 is 1.10 bits per heavy atom. The van der Waals surface area contributed by atoms with E-state index in [9.17, 15) is 4.79 Å². The van der Waals surface area contributed by atoms with Crippen molar-refractivity contribution in [2.24, 2.45) is 11.8 Å². The quantitative estimate of drug-likeness (QED) is 0.669. The van der Waals surface area contributed by atoms with Gasteiger partial charge in [-0.15, -0.1) is 0 Å². The first kappa shape index (κ1) is 21.8. The average molecular weight is 422 g/mol. The molecule has 2 aromatic rings. The molecular weight excluding hydrogens is 386 g/mol. The third-order valence-electron chi connectivity index (χ3n) is 6.96. The van der Waals surface area contributed by atoms with E-state index in [0.717, 1.165) is 43.9 Å². The molecule has 166 valence electrons. The van der Waals surface area contributed by atoms with E-state index < -0.39 is 0 Å². The Morgan fingerprint density at radius 2 is 1.84 bits per heavy atom. The lowest BCUT2D eigenvalue weighted by Crippen LogP contribution is -2.41. The summed E-state index contributed by atoms with van der Waals surface area (Å²) < 4.78 is 5.52. The van der Waals surface area contributed by atoms with E-state index in [0.29, 0.717) is 18.3 Å². The van der Waals surface area contributed by atoms with Crippen LogP contribution in [0.4, 0.5) is 0 Å². The first-order valence-corrected chi connectivity index (χ1v) is 11.8. The van der Waals surface area contributed by atoms with Crippen molar-refractivity contribution in [1.29, 1.82) is 0 Å². The Balaban J connectivity index is 1.38. The minimum Gasteiger partial charge on any atom is -0.496 e. The molecule has 0 bridgehead atoms. The minimum absolute atomic E-state index is 0.00325. The second-order valence-corrected chi connectivity index (χ2v) is 9.08. The van der Waals surface area contributed by atoms with Crippen LogP contribution in [0.1, 0.15) is 62.2 Å². The van der Waals surface area contributed by atoms with Crippen molar-refractivity contribution < 1.29 is 9.53 Å². The normalized spacial score (nSPS) is 19.3. The summed E-state index contributed by atoms with van der Waals surface area (Å²) in [6.07, 6.45) is 9.54. The van der Waals surface area contributed by atoms with Crippen LogP contribution in [-0.2, 0) is 11.3 Å². The second kappa shape index (κ2) is 10.8. The Kier molecular flexibility index (Phi) is 7.57. The molecule has 1 N–H and O–H groups in total. The second-order valence-electron chi connectivity index (χ2n) is 9.08. The zero-order chi connectivity index (χ0) is 21.5. The summed E-state index contributed by atoms with van der Waals surface area (Å²) in [6.45, 7) is 2.94. The third kappa shape index (κ3) is 5.85. The van der Waals surface area contributed by atoms with Gasteiger partial charge in [-0.2, -0.15) is 0 Å². The van der Waals surface area contributed by atoms with Crippen LogP contribution in [0.2, 0.25) is 0 Å². The van der Waals surface area contributed by atoms with Crippen LogP contribution in [0, 0.1) is 11.8 Å². The summed E-state index contributed by atoms with van der Waals surface area (Å²) in [5.74, 6) is 2.12. The van der Waals surface area contributed by atoms with E-state index in [4.69, 9.17) is 4.74 Å². The number of pyridine rings is 1. The van der Waals surface area contributed by atoms with Crippen LogP contribution < -0.4 is 10.1 Å². The predicted molar refractivity (Wildman–Crippen MR) is 123 cm³/mol. The van der Waals surface area contributed by atoms with E-state index >= 15 is 0 Å². The lowest BCUT2D eigenvalue weighted by atomic mass is 9.86. The lowest BCUT2D eigenvalue weighted by Gasteiger charge is -2.36. The molecule has 1 aliphatic carbocycles. The van der Waals surface area contributed by atoms with Gasteiger partial charge in [0.25, 0.3) is 0 Å². The predicted octanol–water partition coefficient (Wildman–Crippen LogP) is 4.74. The minimum atomic E-state index is 0.00325. The van der Waals surface area contributed by atoms with Crippen molar-refractivity contribution in [2.45, 2.75) is 57.5 Å². The average Bonchev–Trinajstić information content (AvgIpc) is 3.32. The van der Waals surface area contributed by atoms with Crippen LogP contribution in [-0.4, -0.2) is 36.0 Å². The van der Waals surface area contributed by atoms with Gasteiger partial charge in [-0.25, -0.2) is 0 Å². The zero-order valence-corrected chi connectivity index (χ0v) is 18.6. The van der Waals surface area contributed by atoms with Gasteiger partial charge in [-0.3, -0.25) is 14.7 Å². The van der Waals surface area contributed by atoms with E-state index in [1.54, 1.807) is 7.11 Å². The molecule has 31 heavy (non-hydrogen) atoms. The molecule has 0 spiro atoms. The maximum atomic E-state index is 12.8. The molecule has 1 aromatic carbocycles. The van der Waals surface area contributed by atoms with Gasteiger partial charge in [0, 0.05) is 24.7 Å². The molecular formula is C26H35N3O2. The van der Waals surface area contributed by atoms with Crippen LogP contribution in [0.15, 0.2) is 48.7 Å². The first-order chi connectivity index (χ1) is 15.2. The molecule has 5 nitrogen and oxygen atoms in total. The summed E-state index contributed by atoms with van der Waals surface area (Å²) in [7, 11) is 1.73. The molecule has 1 saturated carbocycles. The van der Waals surface area contributed by atoms with Crippen molar-refractivity contribution in [3.8, 4) is 5.75 Å². The Bertz CT molecular complexity index is 828. The number of ether oxygens (including phenoxy) is 1. The van der Waals surface area contributed by atoms with E-state index in [1.807, 2.05) is 30.5 Å². The van der Waals surface area contributed by atoms with E-state index in [-0.39, 0.29) is 11.9 Å². The molecule has 0 radical (unpaired) electrons. The third-order valence-corrected chi connectivity index (χ3v) is 6.96. The molecule has 2 heterocycles. The number of likely N-dealkylation sites (tertiary alicyclic amines) is 1. The summed E-state index contributed by atoms with van der Waals surface area (Å²) >= 11 is 0. The molecule has 1 aromatic heterocycles. The Labute approximate surface area is 186 Å². The number of methoxy groups -OCH3 is 1. The summed E-state index contributed by atoms with van der Waals surface area (Å²) in [4.78, 5) is 19.9. The Morgan fingerprint density at radius 3 is 2.55 bits per heavy atom. The number of benzene rings is 1. The summed E-state index contributed by atoms with van der Waals surface area (Å²) in [6, 6.07) is 14.3. The zero-order valence-electron chi connectivity index (χ0n) is 18.6. The number of piperidine rings is 1. The monoisotopic (exact) mass is 421 g/mol. The number of para-hydroxylation sites is 1. The molecule has 5 heteroatoms. The molecule has 1 saturated heterocycles. The molecule has 2 fully saturated rings. The number of hydrogen-bond donors (Lipinski definition) is 1. The van der Waals surface area contributed by atoms with Crippen molar-refractivity contribution >= 4 is 5.91 Å². The Hall–Kier alpha value is -2.40. The van der Waals surface area contributed by atoms with Crippen molar-refractivity contribution in [3.05, 3.63) is 59.9 Å². The number of aromatic nitrogens is 1. The number of nitrogens with zero attached hydrogens (tertiary/aromatic N) is 2. The fraction of sp³-hybridized carbons (Fsp3) is 0.538. The van der Waals surface area contributed by atoms with Gasteiger partial charge in [0.15, 0.2) is 0 Å². The van der Waals surface area contributed by atoms with Crippen molar-refractivity contribution in [3.63, 3.8) is 0 Å². The van der Waals surface area contributed by atoms with Crippen LogP contribution in [0.25, 0.3) is 0 Å². The number of carbonyl (C=O) groups is 1. The standard InChI is InChI=1S/C26H35N3O2/c1-31-24-12-5-4-10-22(24)19-29-16-13-21(14-17-29)26(23-11-6-7-15-27-23)28-25(30)18-20-8-2-3-9-20/h4-7,10-12,15,20-21,26H,2-3,8-9,13-14,16-19H2,1H3,(H,28,30)/t26-/m0/s1. The van der Waals surface area contributed by atoms with Gasteiger partial charge in [-0.05, 0) is 68.8 Å². The number of hydrogen-bond acceptors (Lipinski definition) is 4. The molecule has 1 aliphatic heterocycles. The molecule has 0 unspecified atom stereocenters. The van der Waals surface area contributed by atoms with E-state index in [1.165, 1.54) is 31.2 Å². The number of amides is 1. The smallest absolute Gasteiger partial charge is 0.220 e. The van der Waals surface area contributed by atoms with Gasteiger partial charge in [-0.1, -0.05) is 37.1 Å². The topological polar surface area (TPSA) is 54.5 Å². The highest BCUT2D eigenvalue weighted by Crippen LogP contribution is 2.32. The largest absolute Gasteiger partial charge is 0.496 e. The number of carbonyl (C=O) groups excluding carboxylic acids is 1. The molecule has 4 rings (SSSR count). The van der Waals surface area contributed by atoms with Gasteiger partial charge >= 0.3 is 0 Å². The number of nitrogens with one attached hydrogen (secondary N) is 1. The fourth-order valence-corrected chi connectivity index (χ4v) is 5.22. The molecule has 1 atom stereocenters. The lowest BCUT2D eigenvalue weighted by molar-refractivity contribution is -0.123. The van der Waals surface area contributed by atoms with Crippen LogP contribution in [0.3, 0.4) is 0 Å². The SMILES string of the molecule is COc1ccccc1CN1CCC([C@H](NC(=O)CC2CCCC2)c2ccccn2)CC1. The van der Waals surface area contributed by atoms with Gasteiger partial charge < -0.3 is 10.1 Å². The van der Waals surface area contributed by atoms with Gasteiger partial charge in [0.1, 0.15) is 5.75 Å². The van der Waals surface area contributed by atoms with Gasteiger partial charge in [0.2, 0.25) is 5.91 Å². The summed E-state index contributed by atoms with van der Waals surface area (Å²) in [5, 5.41) is 3.37. The van der Waals surface area contributed by atoms with E-state index in [2.05, 4.69) is 33.4 Å². The highest BCUT2D eigenvalue weighted by atomic mass is 16.5. The first-order valence-electron chi connectivity index (χ1n) is 11.8. The molecule has 1 amide bonds. The van der Waals surface area contributed by atoms with Gasteiger partial charge in [0.05, 0.1) is 18.8 Å².